The molecule has 3 unspecified atom stereocenters. The Labute approximate surface area is 111 Å². The predicted octanol–water partition coefficient (Wildman–Crippen LogP) is 2.58. The van der Waals surface area contributed by atoms with Crippen molar-refractivity contribution < 1.29 is 0 Å². The number of nitrogens with zero attached hydrogens (tertiary/aromatic N) is 1. The van der Waals surface area contributed by atoms with Gasteiger partial charge in [0.05, 0.1) is 0 Å². The summed E-state index contributed by atoms with van der Waals surface area (Å²) in [7, 11) is 0. The fourth-order valence-corrected chi connectivity index (χ4v) is 4.67. The lowest BCUT2D eigenvalue weighted by Gasteiger charge is -2.45. The van der Waals surface area contributed by atoms with Crippen LogP contribution in [0.25, 0.3) is 0 Å². The van der Waals surface area contributed by atoms with Gasteiger partial charge in [0.25, 0.3) is 0 Å². The van der Waals surface area contributed by atoms with E-state index < -0.39 is 0 Å². The Morgan fingerprint density at radius 1 is 1.41 bits per heavy atom. The zero-order valence-corrected chi connectivity index (χ0v) is 12.3. The van der Waals surface area contributed by atoms with Gasteiger partial charge >= 0.3 is 0 Å². The molecule has 0 amide bonds. The smallest absolute Gasteiger partial charge is 0.0158 e. The first-order valence-electron chi connectivity index (χ1n) is 7.17. The maximum Gasteiger partial charge on any atom is 0.0158 e. The summed E-state index contributed by atoms with van der Waals surface area (Å²) >= 11 is 2.10. The van der Waals surface area contributed by atoms with Gasteiger partial charge in [0.1, 0.15) is 0 Å². The molecule has 0 aromatic heterocycles. The predicted molar refractivity (Wildman–Crippen MR) is 77.5 cm³/mol. The Kier molecular flexibility index (Phi) is 4.79. The molecule has 2 fully saturated rings. The first-order valence-corrected chi connectivity index (χ1v) is 8.32. The largest absolute Gasteiger partial charge is 0.330 e. The summed E-state index contributed by atoms with van der Waals surface area (Å²) in [4.78, 5) is 2.70. The van der Waals surface area contributed by atoms with E-state index in [1.54, 1.807) is 0 Å². The van der Waals surface area contributed by atoms with Crippen molar-refractivity contribution in [3.8, 4) is 0 Å². The third kappa shape index (κ3) is 3.39. The molecule has 0 aromatic rings. The van der Waals surface area contributed by atoms with Gasteiger partial charge in [-0.25, -0.2) is 0 Å². The fraction of sp³-hybridized carbons (Fsp3) is 1.00. The van der Waals surface area contributed by atoms with Crippen LogP contribution in [0.2, 0.25) is 0 Å². The summed E-state index contributed by atoms with van der Waals surface area (Å²) in [5, 5.41) is 0. The van der Waals surface area contributed by atoms with E-state index in [-0.39, 0.29) is 0 Å². The fourth-order valence-electron chi connectivity index (χ4n) is 3.59. The Balaban J connectivity index is 1.97. The maximum absolute atomic E-state index is 6.13. The monoisotopic (exact) mass is 256 g/mol. The summed E-state index contributed by atoms with van der Waals surface area (Å²) < 4.78 is 0. The van der Waals surface area contributed by atoms with E-state index in [4.69, 9.17) is 5.73 Å². The van der Waals surface area contributed by atoms with Gasteiger partial charge in [-0.05, 0) is 37.6 Å². The molecular weight excluding hydrogens is 228 g/mol. The number of hydrogen-bond donors (Lipinski definition) is 1. The second-order valence-electron chi connectivity index (χ2n) is 6.30. The average molecular weight is 256 g/mol. The lowest BCUT2D eigenvalue weighted by molar-refractivity contribution is 0.0752. The summed E-state index contributed by atoms with van der Waals surface area (Å²) in [6.45, 7) is 8.17. The molecule has 17 heavy (non-hydrogen) atoms. The number of hydrogen-bond acceptors (Lipinski definition) is 3. The van der Waals surface area contributed by atoms with Gasteiger partial charge in [-0.2, -0.15) is 11.8 Å². The van der Waals surface area contributed by atoms with Crippen LogP contribution < -0.4 is 5.73 Å². The molecule has 2 N–H and O–H groups in total. The van der Waals surface area contributed by atoms with Crippen LogP contribution in [0.5, 0.6) is 0 Å². The van der Waals surface area contributed by atoms with Gasteiger partial charge in [0, 0.05) is 30.6 Å². The summed E-state index contributed by atoms with van der Waals surface area (Å²) in [5.74, 6) is 3.48. The van der Waals surface area contributed by atoms with Crippen LogP contribution in [0.3, 0.4) is 0 Å². The van der Waals surface area contributed by atoms with Crippen molar-refractivity contribution in [1.29, 1.82) is 0 Å². The van der Waals surface area contributed by atoms with Crippen LogP contribution in [0.15, 0.2) is 0 Å². The van der Waals surface area contributed by atoms with E-state index in [1.807, 2.05) is 0 Å². The van der Waals surface area contributed by atoms with Crippen molar-refractivity contribution in [3.63, 3.8) is 0 Å². The van der Waals surface area contributed by atoms with Gasteiger partial charge in [-0.15, -0.1) is 0 Å². The van der Waals surface area contributed by atoms with Gasteiger partial charge < -0.3 is 5.73 Å². The summed E-state index contributed by atoms with van der Waals surface area (Å²) in [6.07, 6.45) is 5.49. The van der Waals surface area contributed by atoms with Crippen LogP contribution in [0, 0.1) is 11.3 Å². The highest BCUT2D eigenvalue weighted by atomic mass is 32.2. The molecule has 2 rings (SSSR count). The first kappa shape index (κ1) is 13.7. The van der Waals surface area contributed by atoms with Gasteiger partial charge in [0.15, 0.2) is 0 Å². The molecule has 1 aliphatic carbocycles. The molecule has 2 nitrogen and oxygen atoms in total. The molecule has 0 bridgehead atoms. The van der Waals surface area contributed by atoms with Gasteiger partial charge in [-0.3, -0.25) is 4.90 Å². The summed E-state index contributed by atoms with van der Waals surface area (Å²) in [6, 6.07) is 0.745. The second kappa shape index (κ2) is 5.94. The molecule has 1 aliphatic heterocycles. The van der Waals surface area contributed by atoms with Crippen molar-refractivity contribution in [2.75, 3.05) is 31.1 Å². The van der Waals surface area contributed by atoms with Crippen molar-refractivity contribution in [2.24, 2.45) is 17.1 Å². The molecule has 100 valence electrons. The Hall–Kier alpha value is 0.270. The second-order valence-corrected chi connectivity index (χ2v) is 7.45. The SMILES string of the molecule is CC1CCCC(CN)(CN2CCSCC2C)C1. The highest BCUT2D eigenvalue weighted by molar-refractivity contribution is 7.99. The Bertz CT molecular complexity index is 246. The lowest BCUT2D eigenvalue weighted by Crippen LogP contribution is -2.50. The quantitative estimate of drug-likeness (QED) is 0.841. The van der Waals surface area contributed by atoms with Crippen molar-refractivity contribution in [2.45, 2.75) is 45.6 Å². The molecule has 3 heteroatoms. The molecule has 1 saturated heterocycles. The van der Waals surface area contributed by atoms with Crippen LogP contribution in [0.1, 0.15) is 39.5 Å². The van der Waals surface area contributed by atoms with Crippen LogP contribution in [0.4, 0.5) is 0 Å². The van der Waals surface area contributed by atoms with E-state index in [1.165, 1.54) is 50.3 Å². The highest BCUT2D eigenvalue weighted by Crippen LogP contribution is 2.40. The third-order valence-electron chi connectivity index (χ3n) is 4.66. The first-order chi connectivity index (χ1) is 8.15. The standard InChI is InChI=1S/C14H28N2S/c1-12-4-3-5-14(8-12,10-15)11-16-6-7-17-9-13(16)2/h12-13H,3-11,15H2,1-2H3. The lowest BCUT2D eigenvalue weighted by atomic mass is 9.69. The molecule has 3 atom stereocenters. The molecule has 0 spiro atoms. The van der Waals surface area contributed by atoms with E-state index in [9.17, 15) is 0 Å². The van der Waals surface area contributed by atoms with Gasteiger partial charge in [-0.1, -0.05) is 19.8 Å². The maximum atomic E-state index is 6.13. The van der Waals surface area contributed by atoms with Crippen molar-refractivity contribution in [3.05, 3.63) is 0 Å². The van der Waals surface area contributed by atoms with E-state index in [0.717, 1.165) is 18.5 Å². The Morgan fingerprint density at radius 2 is 2.24 bits per heavy atom. The van der Waals surface area contributed by atoms with Crippen LogP contribution >= 0.6 is 11.8 Å². The van der Waals surface area contributed by atoms with Crippen LogP contribution in [-0.4, -0.2) is 42.1 Å². The van der Waals surface area contributed by atoms with E-state index in [2.05, 4.69) is 30.5 Å². The molecular formula is C14H28N2S. The number of thioether (sulfide) groups is 1. The average Bonchev–Trinajstić information content (AvgIpc) is 2.32. The van der Waals surface area contributed by atoms with Gasteiger partial charge in [0.2, 0.25) is 0 Å². The highest BCUT2D eigenvalue weighted by Gasteiger charge is 2.36. The minimum Gasteiger partial charge on any atom is -0.330 e. The van der Waals surface area contributed by atoms with Crippen molar-refractivity contribution >= 4 is 11.8 Å². The molecule has 2 aliphatic rings. The molecule has 1 saturated carbocycles. The third-order valence-corrected chi connectivity index (χ3v) is 5.85. The molecule has 0 aromatic carbocycles. The van der Waals surface area contributed by atoms with Crippen molar-refractivity contribution in [1.82, 2.24) is 4.90 Å². The molecule has 1 heterocycles. The Morgan fingerprint density at radius 3 is 2.88 bits per heavy atom. The number of nitrogens with two attached hydrogens (primary N) is 1. The van der Waals surface area contributed by atoms with E-state index >= 15 is 0 Å². The molecule has 0 radical (unpaired) electrons. The number of rotatable bonds is 3. The zero-order valence-electron chi connectivity index (χ0n) is 11.5. The normalized spacial score (nSPS) is 40.4. The zero-order chi connectivity index (χ0) is 12.3. The van der Waals surface area contributed by atoms with E-state index in [0.29, 0.717) is 5.41 Å². The minimum atomic E-state index is 0.425. The summed E-state index contributed by atoms with van der Waals surface area (Å²) in [5.41, 5.74) is 6.56. The van der Waals surface area contributed by atoms with Crippen LogP contribution in [-0.2, 0) is 0 Å². The topological polar surface area (TPSA) is 29.3 Å². The minimum absolute atomic E-state index is 0.425.